The molecule has 7 heteroatoms. The minimum Gasteiger partial charge on any atom is -0.369 e. The Morgan fingerprint density at radius 3 is 2.48 bits per heavy atom. The molecule has 2 aromatic heterocycles. The second-order valence-corrected chi connectivity index (χ2v) is 7.57. The summed E-state index contributed by atoms with van der Waals surface area (Å²) in [6.07, 6.45) is 3.77. The average Bonchev–Trinajstić information content (AvgIpc) is 2.81. The van der Waals surface area contributed by atoms with Gasteiger partial charge in [-0.25, -0.2) is 13.8 Å². The minimum absolute atomic E-state index is 0.296. The summed E-state index contributed by atoms with van der Waals surface area (Å²) in [6.45, 7) is 0.453. The number of amides is 1. The first-order valence-corrected chi connectivity index (χ1v) is 10.5. The molecule has 1 atom stereocenters. The number of carbonyl (C=O) groups excluding carboxylic acids is 1. The largest absolute Gasteiger partial charge is 0.369 e. The number of nitrogens with two attached hydrogens (primary N) is 1. The molecule has 2 aromatic carbocycles. The molecular weight excluding hydrogens is 422 g/mol. The van der Waals surface area contributed by atoms with Crippen LogP contribution in [0.25, 0.3) is 11.3 Å². The molecule has 0 spiro atoms. The Labute approximate surface area is 190 Å². The van der Waals surface area contributed by atoms with Gasteiger partial charge in [0.15, 0.2) is 0 Å². The Morgan fingerprint density at radius 2 is 1.79 bits per heavy atom. The van der Waals surface area contributed by atoms with Gasteiger partial charge in [-0.05, 0) is 66.1 Å². The van der Waals surface area contributed by atoms with Gasteiger partial charge in [-0.1, -0.05) is 24.3 Å². The maximum absolute atomic E-state index is 13.5. The van der Waals surface area contributed by atoms with E-state index in [2.05, 4.69) is 10.3 Å². The van der Waals surface area contributed by atoms with Crippen LogP contribution >= 0.6 is 0 Å². The van der Waals surface area contributed by atoms with E-state index in [9.17, 15) is 13.6 Å². The van der Waals surface area contributed by atoms with Crippen molar-refractivity contribution in [2.45, 2.75) is 12.3 Å². The van der Waals surface area contributed by atoms with Gasteiger partial charge < -0.3 is 11.1 Å². The van der Waals surface area contributed by atoms with Crippen LogP contribution in [0.3, 0.4) is 0 Å². The molecule has 33 heavy (non-hydrogen) atoms. The second-order valence-electron chi connectivity index (χ2n) is 7.57. The van der Waals surface area contributed by atoms with Gasteiger partial charge in [-0.3, -0.25) is 9.78 Å². The number of nitrogens with zero attached hydrogens (tertiary/aromatic N) is 2. The standard InChI is InChI=1S/C26H22F2N4O/c27-20-8-6-18(7-9-20)23-11-10-22(24(25(29)33)19-4-2-13-30-16-19)26(32-23)31-14-12-17-3-1-5-21(28)15-17/h1-11,13,15-16,24H,12,14H2,(H2,29,33)(H,31,32). The van der Waals surface area contributed by atoms with E-state index in [1.807, 2.05) is 6.07 Å². The van der Waals surface area contributed by atoms with Crippen LogP contribution in [-0.2, 0) is 11.2 Å². The second kappa shape index (κ2) is 9.99. The van der Waals surface area contributed by atoms with Gasteiger partial charge in [-0.15, -0.1) is 0 Å². The van der Waals surface area contributed by atoms with Crippen LogP contribution in [0, 0.1) is 11.6 Å². The number of anilines is 1. The molecule has 0 bridgehead atoms. The predicted octanol–water partition coefficient (Wildman–Crippen LogP) is 4.69. The van der Waals surface area contributed by atoms with E-state index < -0.39 is 11.8 Å². The SMILES string of the molecule is NC(=O)C(c1cccnc1)c1ccc(-c2ccc(F)cc2)nc1NCCc1cccc(F)c1. The quantitative estimate of drug-likeness (QED) is 0.413. The number of halogens is 2. The van der Waals surface area contributed by atoms with Crippen LogP contribution < -0.4 is 11.1 Å². The number of primary amides is 1. The lowest BCUT2D eigenvalue weighted by Crippen LogP contribution is -2.24. The minimum atomic E-state index is -0.759. The van der Waals surface area contributed by atoms with Crippen LogP contribution in [0.5, 0.6) is 0 Å². The van der Waals surface area contributed by atoms with Crippen molar-refractivity contribution in [2.75, 3.05) is 11.9 Å². The number of pyridine rings is 2. The molecule has 3 N–H and O–H groups in total. The molecule has 0 fully saturated rings. The highest BCUT2D eigenvalue weighted by molar-refractivity contribution is 5.87. The molecule has 2 heterocycles. The fourth-order valence-electron chi connectivity index (χ4n) is 3.69. The number of carbonyl (C=O) groups is 1. The highest BCUT2D eigenvalue weighted by atomic mass is 19.1. The van der Waals surface area contributed by atoms with Crippen LogP contribution in [-0.4, -0.2) is 22.4 Å². The molecule has 166 valence electrons. The molecule has 0 aliphatic heterocycles. The zero-order valence-electron chi connectivity index (χ0n) is 17.7. The monoisotopic (exact) mass is 444 g/mol. The molecule has 1 amide bonds. The number of nitrogens with one attached hydrogen (secondary N) is 1. The van der Waals surface area contributed by atoms with Gasteiger partial charge in [0.1, 0.15) is 17.5 Å². The highest BCUT2D eigenvalue weighted by Crippen LogP contribution is 2.31. The smallest absolute Gasteiger partial charge is 0.229 e. The third kappa shape index (κ3) is 5.38. The predicted molar refractivity (Wildman–Crippen MR) is 123 cm³/mol. The van der Waals surface area contributed by atoms with E-state index in [4.69, 9.17) is 10.7 Å². The lowest BCUT2D eigenvalue weighted by Gasteiger charge is -2.19. The fraction of sp³-hybridized carbons (Fsp3) is 0.115. The molecule has 0 aliphatic rings. The summed E-state index contributed by atoms with van der Waals surface area (Å²) in [7, 11) is 0. The molecule has 0 radical (unpaired) electrons. The van der Waals surface area contributed by atoms with Crippen LogP contribution in [0.2, 0.25) is 0 Å². The summed E-state index contributed by atoms with van der Waals surface area (Å²) in [4.78, 5) is 21.3. The normalized spacial score (nSPS) is 11.7. The summed E-state index contributed by atoms with van der Waals surface area (Å²) in [5.74, 6) is -1.46. The maximum Gasteiger partial charge on any atom is 0.229 e. The van der Waals surface area contributed by atoms with Crippen molar-refractivity contribution >= 4 is 11.7 Å². The van der Waals surface area contributed by atoms with Gasteiger partial charge in [0, 0.05) is 30.1 Å². The Balaban J connectivity index is 1.69. The summed E-state index contributed by atoms with van der Waals surface area (Å²) in [5, 5.41) is 3.27. The van der Waals surface area contributed by atoms with Gasteiger partial charge in [0.25, 0.3) is 0 Å². The van der Waals surface area contributed by atoms with E-state index >= 15 is 0 Å². The van der Waals surface area contributed by atoms with Gasteiger partial charge in [0.2, 0.25) is 5.91 Å². The summed E-state index contributed by atoms with van der Waals surface area (Å²) in [5.41, 5.74) is 9.18. The lowest BCUT2D eigenvalue weighted by atomic mass is 9.91. The molecule has 0 saturated heterocycles. The number of benzene rings is 2. The highest BCUT2D eigenvalue weighted by Gasteiger charge is 2.24. The van der Waals surface area contributed by atoms with Crippen molar-refractivity contribution in [3.63, 3.8) is 0 Å². The molecule has 0 aliphatic carbocycles. The third-order valence-electron chi connectivity index (χ3n) is 5.27. The summed E-state index contributed by atoms with van der Waals surface area (Å²) in [6, 6.07) is 19.5. The number of rotatable bonds is 8. The van der Waals surface area contributed by atoms with Crippen LogP contribution in [0.4, 0.5) is 14.6 Å². The molecule has 1 unspecified atom stereocenters. The summed E-state index contributed by atoms with van der Waals surface area (Å²) < 4.78 is 26.9. The number of aromatic nitrogens is 2. The maximum atomic E-state index is 13.5. The zero-order valence-corrected chi connectivity index (χ0v) is 17.7. The van der Waals surface area contributed by atoms with Crippen molar-refractivity contribution in [2.24, 2.45) is 5.73 Å². The molecule has 5 nitrogen and oxygen atoms in total. The van der Waals surface area contributed by atoms with Gasteiger partial charge >= 0.3 is 0 Å². The van der Waals surface area contributed by atoms with Crippen molar-refractivity contribution in [3.8, 4) is 11.3 Å². The van der Waals surface area contributed by atoms with E-state index in [-0.39, 0.29) is 11.6 Å². The first kappa shape index (κ1) is 22.1. The number of hydrogen-bond acceptors (Lipinski definition) is 4. The molecular formula is C26H22F2N4O. The van der Waals surface area contributed by atoms with Crippen LogP contribution in [0.1, 0.15) is 22.6 Å². The fourth-order valence-corrected chi connectivity index (χ4v) is 3.69. The van der Waals surface area contributed by atoms with Crippen molar-refractivity contribution in [1.29, 1.82) is 0 Å². The van der Waals surface area contributed by atoms with Gasteiger partial charge in [-0.2, -0.15) is 0 Å². The van der Waals surface area contributed by atoms with E-state index in [1.54, 1.807) is 54.9 Å². The van der Waals surface area contributed by atoms with E-state index in [0.717, 1.165) is 11.1 Å². The Bertz CT molecular complexity index is 1250. The van der Waals surface area contributed by atoms with Crippen molar-refractivity contribution in [3.05, 3.63) is 114 Å². The Hall–Kier alpha value is -4.13. The van der Waals surface area contributed by atoms with E-state index in [0.29, 0.717) is 35.6 Å². The van der Waals surface area contributed by atoms with E-state index in [1.165, 1.54) is 24.3 Å². The first-order valence-electron chi connectivity index (χ1n) is 10.5. The Morgan fingerprint density at radius 1 is 0.970 bits per heavy atom. The molecule has 0 saturated carbocycles. The summed E-state index contributed by atoms with van der Waals surface area (Å²) >= 11 is 0. The third-order valence-corrected chi connectivity index (χ3v) is 5.27. The first-order chi connectivity index (χ1) is 16.0. The Kier molecular flexibility index (Phi) is 6.69. The zero-order chi connectivity index (χ0) is 23.2. The lowest BCUT2D eigenvalue weighted by molar-refractivity contribution is -0.118. The van der Waals surface area contributed by atoms with Crippen molar-refractivity contribution < 1.29 is 13.6 Å². The molecule has 4 aromatic rings. The molecule has 4 rings (SSSR count). The number of hydrogen-bond donors (Lipinski definition) is 2. The van der Waals surface area contributed by atoms with Crippen LogP contribution in [0.15, 0.2) is 85.2 Å². The van der Waals surface area contributed by atoms with Crippen molar-refractivity contribution in [1.82, 2.24) is 9.97 Å². The topological polar surface area (TPSA) is 80.9 Å². The van der Waals surface area contributed by atoms with Gasteiger partial charge in [0.05, 0.1) is 11.6 Å². The average molecular weight is 444 g/mol.